The largest absolute Gasteiger partial charge is 0.401 e. The fraction of sp³-hybridized carbons (Fsp3) is 0.458. The molecule has 0 spiro atoms. The summed E-state index contributed by atoms with van der Waals surface area (Å²) in [6.07, 6.45) is -3.54. The second-order valence-electron chi connectivity index (χ2n) is 9.37. The Morgan fingerprint density at radius 3 is 2.53 bits per heavy atom. The van der Waals surface area contributed by atoms with Crippen LogP contribution in [0.2, 0.25) is 0 Å². The van der Waals surface area contributed by atoms with Crippen molar-refractivity contribution in [2.75, 3.05) is 25.0 Å². The lowest BCUT2D eigenvalue weighted by atomic mass is 9.97. The molecule has 2 aliphatic rings. The molecule has 2 atom stereocenters. The number of nitrogens with zero attached hydrogens (tertiary/aromatic N) is 4. The SMILES string of the molecule is CC[C@@H]1CN(CC(F)(F)F)C[C@H]1N1Cc2cc3c(-c4cc(C)nc(C)c4)n[nH]c3cc2NC1=O. The first kappa shape index (κ1) is 22.6. The number of benzene rings is 1. The Bertz CT molecular complexity index is 1230. The van der Waals surface area contributed by atoms with Gasteiger partial charge in [-0.05, 0) is 49.6 Å². The summed E-state index contributed by atoms with van der Waals surface area (Å²) < 4.78 is 38.9. The van der Waals surface area contributed by atoms with Crippen LogP contribution in [-0.2, 0) is 6.54 Å². The van der Waals surface area contributed by atoms with Gasteiger partial charge in [0.2, 0.25) is 0 Å². The van der Waals surface area contributed by atoms with Crippen LogP contribution in [0.1, 0.15) is 30.3 Å². The highest BCUT2D eigenvalue weighted by Crippen LogP contribution is 2.36. The number of aromatic amines is 1. The predicted molar refractivity (Wildman–Crippen MR) is 123 cm³/mol. The van der Waals surface area contributed by atoms with Crippen molar-refractivity contribution in [3.05, 3.63) is 41.2 Å². The second kappa shape index (κ2) is 8.26. The minimum absolute atomic E-state index is 0.00867. The number of aryl methyl sites for hydroxylation is 2. The number of halogens is 3. The summed E-state index contributed by atoms with van der Waals surface area (Å²) in [4.78, 5) is 20.5. The van der Waals surface area contributed by atoms with Gasteiger partial charge in [-0.25, -0.2) is 4.79 Å². The number of hydrogen-bond donors (Lipinski definition) is 2. The highest BCUT2D eigenvalue weighted by atomic mass is 19.4. The number of nitrogens with one attached hydrogen (secondary N) is 2. The molecule has 2 N–H and O–H groups in total. The lowest BCUT2D eigenvalue weighted by Gasteiger charge is -2.36. The molecule has 0 bridgehead atoms. The molecule has 10 heteroatoms. The van der Waals surface area contributed by atoms with E-state index in [1.165, 1.54) is 4.90 Å². The van der Waals surface area contributed by atoms with E-state index in [4.69, 9.17) is 0 Å². The van der Waals surface area contributed by atoms with Gasteiger partial charge in [0.15, 0.2) is 0 Å². The van der Waals surface area contributed by atoms with E-state index in [1.807, 2.05) is 45.0 Å². The van der Waals surface area contributed by atoms with Crippen LogP contribution in [0, 0.1) is 19.8 Å². The molecule has 180 valence electrons. The third kappa shape index (κ3) is 4.22. The highest BCUT2D eigenvalue weighted by Gasteiger charge is 2.43. The number of likely N-dealkylation sites (tertiary alicyclic amines) is 1. The molecule has 2 aliphatic heterocycles. The summed E-state index contributed by atoms with van der Waals surface area (Å²) in [6, 6.07) is 7.31. The smallest absolute Gasteiger partial charge is 0.316 e. The number of amides is 2. The van der Waals surface area contributed by atoms with Gasteiger partial charge in [0.05, 0.1) is 18.1 Å². The molecular formula is C24H27F3N6O. The number of anilines is 1. The van der Waals surface area contributed by atoms with Gasteiger partial charge < -0.3 is 10.2 Å². The van der Waals surface area contributed by atoms with Crippen molar-refractivity contribution in [2.45, 2.75) is 46.0 Å². The van der Waals surface area contributed by atoms with Crippen molar-refractivity contribution in [1.82, 2.24) is 25.0 Å². The normalized spacial score (nSPS) is 21.2. The molecule has 0 aliphatic carbocycles. The number of urea groups is 1. The Labute approximate surface area is 195 Å². The summed E-state index contributed by atoms with van der Waals surface area (Å²) in [5, 5.41) is 11.4. The third-order valence-electron chi connectivity index (χ3n) is 6.79. The van der Waals surface area contributed by atoms with Crippen LogP contribution in [0.3, 0.4) is 0 Å². The summed E-state index contributed by atoms with van der Waals surface area (Å²) >= 11 is 0. The van der Waals surface area contributed by atoms with Gasteiger partial charge >= 0.3 is 12.2 Å². The molecule has 1 fully saturated rings. The molecule has 0 radical (unpaired) electrons. The molecule has 0 unspecified atom stereocenters. The van der Waals surface area contributed by atoms with Gasteiger partial charge in [-0.1, -0.05) is 13.3 Å². The fourth-order valence-electron chi connectivity index (χ4n) is 5.34. The number of aromatic nitrogens is 3. The van der Waals surface area contributed by atoms with Crippen molar-refractivity contribution < 1.29 is 18.0 Å². The maximum absolute atomic E-state index is 13.0. The molecular weight excluding hydrogens is 445 g/mol. The summed E-state index contributed by atoms with van der Waals surface area (Å²) in [6.45, 7) is 5.79. The number of rotatable bonds is 4. The Hall–Kier alpha value is -3.14. The first-order chi connectivity index (χ1) is 16.1. The van der Waals surface area contributed by atoms with Crippen LogP contribution < -0.4 is 5.32 Å². The van der Waals surface area contributed by atoms with Gasteiger partial charge in [0.1, 0.15) is 5.69 Å². The van der Waals surface area contributed by atoms with E-state index >= 15 is 0 Å². The monoisotopic (exact) mass is 472 g/mol. The molecule has 1 saturated heterocycles. The quantitative estimate of drug-likeness (QED) is 0.569. The predicted octanol–water partition coefficient (Wildman–Crippen LogP) is 4.86. The van der Waals surface area contributed by atoms with Gasteiger partial charge in [-0.3, -0.25) is 15.0 Å². The Kier molecular flexibility index (Phi) is 5.50. The van der Waals surface area contributed by atoms with E-state index < -0.39 is 12.7 Å². The van der Waals surface area contributed by atoms with Crippen LogP contribution in [0.15, 0.2) is 24.3 Å². The minimum atomic E-state index is -4.25. The van der Waals surface area contributed by atoms with E-state index in [-0.39, 0.29) is 24.5 Å². The minimum Gasteiger partial charge on any atom is -0.316 e. The highest BCUT2D eigenvalue weighted by molar-refractivity contribution is 6.00. The number of fused-ring (bicyclic) bond motifs is 2. The van der Waals surface area contributed by atoms with E-state index in [2.05, 4.69) is 20.5 Å². The van der Waals surface area contributed by atoms with Gasteiger partial charge in [0, 0.05) is 47.7 Å². The topological polar surface area (TPSA) is 77.2 Å². The summed E-state index contributed by atoms with van der Waals surface area (Å²) in [7, 11) is 0. The second-order valence-corrected chi connectivity index (χ2v) is 9.37. The first-order valence-electron chi connectivity index (χ1n) is 11.4. The van der Waals surface area contributed by atoms with Crippen LogP contribution in [0.25, 0.3) is 22.2 Å². The average molecular weight is 473 g/mol. The number of pyridine rings is 1. The molecule has 7 nitrogen and oxygen atoms in total. The first-order valence-corrected chi connectivity index (χ1v) is 11.4. The Morgan fingerprint density at radius 2 is 1.85 bits per heavy atom. The zero-order valence-electron chi connectivity index (χ0n) is 19.3. The lowest BCUT2D eigenvalue weighted by molar-refractivity contribution is -0.144. The van der Waals surface area contributed by atoms with Crippen LogP contribution >= 0.6 is 0 Å². The van der Waals surface area contributed by atoms with E-state index in [0.717, 1.165) is 39.1 Å². The van der Waals surface area contributed by atoms with Crippen LogP contribution in [0.4, 0.5) is 23.7 Å². The number of carbonyl (C=O) groups excluding carboxylic acids is 1. The van der Waals surface area contributed by atoms with E-state index in [1.54, 1.807) is 4.90 Å². The summed E-state index contributed by atoms with van der Waals surface area (Å²) in [5.41, 5.74) is 5.98. The van der Waals surface area contributed by atoms with Gasteiger partial charge in [-0.15, -0.1) is 0 Å². The zero-order valence-corrected chi connectivity index (χ0v) is 19.3. The van der Waals surface area contributed by atoms with Crippen LogP contribution in [-0.4, -0.2) is 62.9 Å². The third-order valence-corrected chi connectivity index (χ3v) is 6.79. The van der Waals surface area contributed by atoms with Crippen molar-refractivity contribution in [3.8, 4) is 11.3 Å². The van der Waals surface area contributed by atoms with Gasteiger partial charge in [-0.2, -0.15) is 18.3 Å². The van der Waals surface area contributed by atoms with E-state index in [9.17, 15) is 18.0 Å². The molecule has 2 amide bonds. The van der Waals surface area contributed by atoms with E-state index in [0.29, 0.717) is 25.2 Å². The lowest BCUT2D eigenvalue weighted by Crippen LogP contribution is -2.49. The van der Waals surface area contributed by atoms with Crippen molar-refractivity contribution >= 4 is 22.6 Å². The molecule has 5 rings (SSSR count). The average Bonchev–Trinajstić information content (AvgIpc) is 3.33. The number of carbonyl (C=O) groups is 1. The van der Waals surface area contributed by atoms with Crippen molar-refractivity contribution in [1.29, 1.82) is 0 Å². The summed E-state index contributed by atoms with van der Waals surface area (Å²) in [5.74, 6) is -0.00867. The van der Waals surface area contributed by atoms with Crippen molar-refractivity contribution in [3.63, 3.8) is 0 Å². The molecule has 2 aromatic heterocycles. The molecule has 34 heavy (non-hydrogen) atoms. The maximum Gasteiger partial charge on any atom is 0.401 e. The van der Waals surface area contributed by atoms with Crippen LogP contribution in [0.5, 0.6) is 0 Å². The number of alkyl halides is 3. The zero-order chi connectivity index (χ0) is 24.2. The van der Waals surface area contributed by atoms with Crippen molar-refractivity contribution in [2.24, 2.45) is 5.92 Å². The molecule has 3 aromatic rings. The standard InChI is InChI=1S/C24H27F3N6O/c1-4-15-9-32(12-24(25,26)27)11-21(15)33-10-17-7-18-20(8-19(17)29-23(33)34)30-31-22(18)16-5-13(2)28-14(3)6-16/h5-8,15,21H,4,9-12H2,1-3H3,(H,29,34)(H,30,31)/t15-,21-/m1/s1. The Morgan fingerprint density at radius 1 is 1.12 bits per heavy atom. The molecule has 1 aromatic carbocycles. The van der Waals surface area contributed by atoms with Gasteiger partial charge in [0.25, 0.3) is 0 Å². The number of hydrogen-bond acceptors (Lipinski definition) is 4. The maximum atomic E-state index is 13.0. The fourth-order valence-corrected chi connectivity index (χ4v) is 5.34. The molecule has 0 saturated carbocycles. The number of H-pyrrole nitrogens is 1. The Balaban J connectivity index is 1.46. The molecule has 4 heterocycles.